The SMILES string of the molecule is CC(=O)N[C@H]1C(O)O[C@H](CO)[C@@H](O[C@@H]2O[C@H](CO)[C@H](O)[C@H](O[C@]3(C(=O)O)C[C@H](O)[C@@H](NC(=O)CO)[C@H]([C@H](O)[C@H](O)CO)O3)[C@H]2O)[C@@H]1O. The number of nitrogens with one attached hydrogen (secondary N) is 2. The summed E-state index contributed by atoms with van der Waals surface area (Å²) in [7, 11) is 0. The first kappa shape index (κ1) is 39.2. The van der Waals surface area contributed by atoms with Gasteiger partial charge in [0.2, 0.25) is 11.8 Å². The van der Waals surface area contributed by atoms with Gasteiger partial charge in [-0.1, -0.05) is 0 Å². The van der Waals surface area contributed by atoms with Crippen LogP contribution in [0.25, 0.3) is 0 Å². The second-order valence-corrected chi connectivity index (χ2v) is 11.3. The van der Waals surface area contributed by atoms with Gasteiger partial charge in [0.05, 0.1) is 32.0 Å². The molecule has 22 nitrogen and oxygen atoms in total. The Hall–Kier alpha value is -2.23. The van der Waals surface area contributed by atoms with Crippen LogP contribution >= 0.6 is 0 Å². The third-order valence-electron chi connectivity index (χ3n) is 7.97. The predicted octanol–water partition coefficient (Wildman–Crippen LogP) is -9.11. The quantitative estimate of drug-likeness (QED) is 0.0852. The van der Waals surface area contributed by atoms with Gasteiger partial charge in [-0.05, 0) is 0 Å². The minimum Gasteiger partial charge on any atom is -0.477 e. The van der Waals surface area contributed by atoms with Crippen molar-refractivity contribution in [3.8, 4) is 0 Å². The number of carbonyl (C=O) groups excluding carboxylic acids is 2. The molecular weight excluding hydrogens is 648 g/mol. The van der Waals surface area contributed by atoms with Gasteiger partial charge in [0.1, 0.15) is 73.7 Å². The Bertz CT molecular complexity index is 1070. The van der Waals surface area contributed by atoms with Crippen LogP contribution in [0.5, 0.6) is 0 Å². The first-order chi connectivity index (χ1) is 22.0. The summed E-state index contributed by atoms with van der Waals surface area (Å²) in [6, 6.07) is -3.22. The summed E-state index contributed by atoms with van der Waals surface area (Å²) in [5.41, 5.74) is 0. The van der Waals surface area contributed by atoms with E-state index in [1.165, 1.54) is 0 Å². The highest BCUT2D eigenvalue weighted by Gasteiger charge is 2.60. The normalized spacial score (nSPS) is 42.3. The van der Waals surface area contributed by atoms with Crippen LogP contribution in [0.3, 0.4) is 0 Å². The van der Waals surface area contributed by atoms with E-state index >= 15 is 0 Å². The van der Waals surface area contributed by atoms with E-state index in [1.54, 1.807) is 0 Å². The molecule has 0 bridgehead atoms. The number of rotatable bonds is 13. The smallest absolute Gasteiger partial charge is 0.364 e. The van der Waals surface area contributed by atoms with Crippen molar-refractivity contribution in [3.05, 3.63) is 0 Å². The lowest BCUT2D eigenvalue weighted by Crippen LogP contribution is -2.71. The van der Waals surface area contributed by atoms with Crippen LogP contribution in [0.15, 0.2) is 0 Å². The Morgan fingerprint density at radius 2 is 1.51 bits per heavy atom. The topological polar surface area (TPSA) is 364 Å². The van der Waals surface area contributed by atoms with Crippen molar-refractivity contribution in [1.82, 2.24) is 10.6 Å². The first-order valence-corrected chi connectivity index (χ1v) is 14.4. The number of carboxylic acids is 1. The summed E-state index contributed by atoms with van der Waals surface area (Å²) >= 11 is 0. The maximum Gasteiger partial charge on any atom is 0.364 e. The van der Waals surface area contributed by atoms with Crippen molar-refractivity contribution in [2.45, 2.75) is 111 Å². The molecule has 2 amide bonds. The number of aliphatic hydroxyl groups is 11. The Labute approximate surface area is 265 Å². The van der Waals surface area contributed by atoms with Crippen LogP contribution < -0.4 is 10.6 Å². The highest BCUT2D eigenvalue weighted by molar-refractivity contribution is 5.78. The van der Waals surface area contributed by atoms with Crippen LogP contribution in [-0.2, 0) is 38.1 Å². The lowest BCUT2D eigenvalue weighted by Gasteiger charge is -2.50. The van der Waals surface area contributed by atoms with E-state index in [-0.39, 0.29) is 0 Å². The van der Waals surface area contributed by atoms with Crippen molar-refractivity contribution in [2.75, 3.05) is 26.4 Å². The van der Waals surface area contributed by atoms with E-state index in [9.17, 15) is 70.6 Å². The van der Waals surface area contributed by atoms with Gasteiger partial charge in [0.25, 0.3) is 5.79 Å². The summed E-state index contributed by atoms with van der Waals surface area (Å²) < 4.78 is 27.3. The number of carboxylic acid groups (broad SMARTS) is 1. The van der Waals surface area contributed by atoms with Gasteiger partial charge in [0, 0.05) is 13.3 Å². The molecule has 14 N–H and O–H groups in total. The van der Waals surface area contributed by atoms with Crippen molar-refractivity contribution < 1.29 is 99.3 Å². The Morgan fingerprint density at radius 1 is 0.872 bits per heavy atom. The van der Waals surface area contributed by atoms with E-state index in [2.05, 4.69) is 10.6 Å². The van der Waals surface area contributed by atoms with Gasteiger partial charge in [-0.15, -0.1) is 0 Å². The third kappa shape index (κ3) is 8.50. The molecular formula is C25H42N2O20. The standard InChI is InChI=1S/C25H42N2O20/c1-7(32)26-14-17(38)19(11(5-30)43-22(14)40)45-23-18(39)21(16(37)10(4-29)44-23)47-25(24(41)42)2-8(33)13(27-12(35)6-31)20(46-25)15(36)9(34)3-28/h8-11,13-23,28-31,33-34,36-40H,2-6H2,1H3,(H,26,32)(H,27,35)(H,41,42)/t8-,9+,10+,11+,13+,14+,15+,16-,17+,18+,19+,20+,21-,22?,23-,25-/m0/s1. The van der Waals surface area contributed by atoms with Gasteiger partial charge in [-0.2, -0.15) is 0 Å². The number of carbonyl (C=O) groups is 3. The second-order valence-electron chi connectivity index (χ2n) is 11.3. The molecule has 3 fully saturated rings. The molecule has 0 aliphatic carbocycles. The summed E-state index contributed by atoms with van der Waals surface area (Å²) in [6.45, 7) is -3.03. The Balaban J connectivity index is 1.96. The monoisotopic (exact) mass is 690 g/mol. The van der Waals surface area contributed by atoms with Crippen molar-refractivity contribution in [3.63, 3.8) is 0 Å². The molecule has 0 radical (unpaired) electrons. The molecule has 0 aromatic carbocycles. The van der Waals surface area contributed by atoms with Gasteiger partial charge < -0.3 is 95.6 Å². The molecule has 1 unspecified atom stereocenters. The molecule has 22 heteroatoms. The molecule has 0 aromatic heterocycles. The zero-order valence-electron chi connectivity index (χ0n) is 24.8. The number of aliphatic carboxylic acids is 1. The first-order valence-electron chi connectivity index (χ1n) is 14.4. The molecule has 47 heavy (non-hydrogen) atoms. The van der Waals surface area contributed by atoms with Crippen LogP contribution in [-0.4, -0.2) is 203 Å². The summed E-state index contributed by atoms with van der Waals surface area (Å²) in [4.78, 5) is 36.1. The maximum atomic E-state index is 12.6. The average Bonchev–Trinajstić information content (AvgIpc) is 3.03. The summed E-state index contributed by atoms with van der Waals surface area (Å²) in [6.07, 6.45) is -26.4. The Morgan fingerprint density at radius 3 is 2.04 bits per heavy atom. The minimum atomic E-state index is -3.10. The molecule has 16 atom stereocenters. The fourth-order valence-electron chi connectivity index (χ4n) is 5.57. The van der Waals surface area contributed by atoms with Gasteiger partial charge in [0.15, 0.2) is 12.6 Å². The summed E-state index contributed by atoms with van der Waals surface area (Å²) in [5, 5.41) is 127. The van der Waals surface area contributed by atoms with E-state index in [0.29, 0.717) is 0 Å². The van der Waals surface area contributed by atoms with Crippen LogP contribution in [0.2, 0.25) is 0 Å². The molecule has 3 aliphatic heterocycles. The molecule has 0 spiro atoms. The molecule has 0 aromatic rings. The number of ether oxygens (including phenoxy) is 5. The lowest BCUT2D eigenvalue weighted by molar-refractivity contribution is -0.382. The van der Waals surface area contributed by atoms with Crippen molar-refractivity contribution in [1.29, 1.82) is 0 Å². The number of aliphatic hydroxyl groups excluding tert-OH is 11. The zero-order valence-corrected chi connectivity index (χ0v) is 24.8. The van der Waals surface area contributed by atoms with E-state index in [1.807, 2.05) is 0 Å². The molecule has 0 saturated carbocycles. The van der Waals surface area contributed by atoms with Crippen LogP contribution in [0, 0.1) is 0 Å². The highest BCUT2D eigenvalue weighted by Crippen LogP contribution is 2.38. The molecule has 3 saturated heterocycles. The fourth-order valence-corrected chi connectivity index (χ4v) is 5.57. The number of amides is 2. The molecule has 272 valence electrons. The highest BCUT2D eigenvalue weighted by atomic mass is 16.8. The molecule has 3 heterocycles. The van der Waals surface area contributed by atoms with Gasteiger partial charge in [-0.25, -0.2) is 4.79 Å². The van der Waals surface area contributed by atoms with Crippen molar-refractivity contribution >= 4 is 17.8 Å². The average molecular weight is 691 g/mol. The largest absolute Gasteiger partial charge is 0.477 e. The summed E-state index contributed by atoms with van der Waals surface area (Å²) in [5.74, 6) is -6.93. The zero-order chi connectivity index (χ0) is 35.4. The second kappa shape index (κ2) is 16.4. The number of hydrogen-bond donors (Lipinski definition) is 14. The maximum absolute atomic E-state index is 12.6. The Kier molecular flexibility index (Phi) is 13.7. The van der Waals surface area contributed by atoms with Crippen LogP contribution in [0.1, 0.15) is 13.3 Å². The minimum absolute atomic E-state index is 0.703. The lowest BCUT2D eigenvalue weighted by atomic mass is 9.88. The van der Waals surface area contributed by atoms with E-state index < -0.39 is 148 Å². The van der Waals surface area contributed by atoms with Gasteiger partial charge >= 0.3 is 5.97 Å². The van der Waals surface area contributed by atoms with Gasteiger partial charge in [-0.3, -0.25) is 9.59 Å². The molecule has 3 rings (SSSR count). The number of hydrogen-bond acceptors (Lipinski definition) is 19. The van der Waals surface area contributed by atoms with Crippen molar-refractivity contribution in [2.24, 2.45) is 0 Å². The predicted molar refractivity (Wildman–Crippen MR) is 143 cm³/mol. The molecule has 3 aliphatic rings. The fraction of sp³-hybridized carbons (Fsp3) is 0.880. The third-order valence-corrected chi connectivity index (χ3v) is 7.97. The van der Waals surface area contributed by atoms with E-state index in [4.69, 9.17) is 28.8 Å². The van der Waals surface area contributed by atoms with E-state index in [0.717, 1.165) is 6.92 Å². The van der Waals surface area contributed by atoms with Crippen LogP contribution in [0.4, 0.5) is 0 Å².